The van der Waals surface area contributed by atoms with Crippen molar-refractivity contribution >= 4 is 5.91 Å². The van der Waals surface area contributed by atoms with Crippen LogP contribution in [0.4, 0.5) is 0 Å². The summed E-state index contributed by atoms with van der Waals surface area (Å²) in [6, 6.07) is 10.4. The Kier molecular flexibility index (Phi) is 4.34. The molecule has 5 nitrogen and oxygen atoms in total. The van der Waals surface area contributed by atoms with Gasteiger partial charge in [-0.15, -0.1) is 0 Å². The molecule has 1 aromatic carbocycles. The normalized spacial score (nSPS) is 23.9. The zero-order valence-electron chi connectivity index (χ0n) is 14.9. The highest BCUT2D eigenvalue weighted by Crippen LogP contribution is 2.41. The van der Waals surface area contributed by atoms with Gasteiger partial charge in [0, 0.05) is 45.0 Å². The maximum Gasteiger partial charge on any atom is 0.230 e. The summed E-state index contributed by atoms with van der Waals surface area (Å²) in [5.74, 6) is 0.372. The summed E-state index contributed by atoms with van der Waals surface area (Å²) in [6.07, 6.45) is 6.93. The van der Waals surface area contributed by atoms with Gasteiger partial charge in [-0.3, -0.25) is 14.4 Å². The first-order valence-corrected chi connectivity index (χ1v) is 9.18. The van der Waals surface area contributed by atoms with Gasteiger partial charge in [0.25, 0.3) is 0 Å². The molecule has 3 heterocycles. The molecular weight excluding hydrogens is 312 g/mol. The van der Waals surface area contributed by atoms with Crippen LogP contribution in [0.5, 0.6) is 0 Å². The fourth-order valence-corrected chi connectivity index (χ4v) is 4.30. The van der Waals surface area contributed by atoms with Crippen LogP contribution in [0.1, 0.15) is 24.0 Å². The minimum absolute atomic E-state index is 0.140. The molecule has 0 N–H and O–H groups in total. The van der Waals surface area contributed by atoms with Gasteiger partial charge in [-0.2, -0.15) is 5.10 Å². The number of aryl methyl sites for hydroxylation is 1. The highest BCUT2D eigenvalue weighted by Gasteiger charge is 2.50. The molecule has 2 saturated heterocycles. The van der Waals surface area contributed by atoms with Crippen molar-refractivity contribution in [2.75, 3.05) is 26.2 Å². The Balaban J connectivity index is 1.34. The fourth-order valence-electron chi connectivity index (χ4n) is 4.30. The van der Waals surface area contributed by atoms with Crippen molar-refractivity contribution in [3.63, 3.8) is 0 Å². The summed E-state index contributed by atoms with van der Waals surface area (Å²) >= 11 is 0. The maximum atomic E-state index is 13.0. The average molecular weight is 338 g/mol. The van der Waals surface area contributed by atoms with Gasteiger partial charge < -0.3 is 4.90 Å². The molecule has 2 fully saturated rings. The van der Waals surface area contributed by atoms with Gasteiger partial charge in [0.2, 0.25) is 5.91 Å². The average Bonchev–Trinajstić information content (AvgIpc) is 3.30. The second-order valence-electron chi connectivity index (χ2n) is 7.54. The van der Waals surface area contributed by atoms with Gasteiger partial charge in [0.15, 0.2) is 0 Å². The summed E-state index contributed by atoms with van der Waals surface area (Å²) in [6.45, 7) is 4.54. The van der Waals surface area contributed by atoms with Crippen molar-refractivity contribution in [2.45, 2.75) is 25.8 Å². The second kappa shape index (κ2) is 6.64. The van der Waals surface area contributed by atoms with Gasteiger partial charge in [-0.25, -0.2) is 0 Å². The smallest absolute Gasteiger partial charge is 0.230 e. The van der Waals surface area contributed by atoms with Crippen molar-refractivity contribution < 1.29 is 4.79 Å². The van der Waals surface area contributed by atoms with Crippen LogP contribution >= 0.6 is 0 Å². The van der Waals surface area contributed by atoms with E-state index in [0.717, 1.165) is 52.0 Å². The first-order chi connectivity index (χ1) is 12.1. The molecule has 0 saturated carbocycles. The quantitative estimate of drug-likeness (QED) is 0.838. The Bertz CT molecular complexity index is 741. The van der Waals surface area contributed by atoms with E-state index in [9.17, 15) is 4.79 Å². The second-order valence-corrected chi connectivity index (χ2v) is 7.54. The van der Waals surface area contributed by atoms with E-state index in [1.165, 1.54) is 11.1 Å². The monoisotopic (exact) mass is 338 g/mol. The molecule has 1 amide bonds. The lowest BCUT2D eigenvalue weighted by molar-refractivity contribution is -0.135. The van der Waals surface area contributed by atoms with E-state index in [1.54, 1.807) is 0 Å². The zero-order chi connectivity index (χ0) is 17.3. The highest BCUT2D eigenvalue weighted by molar-refractivity contribution is 5.85. The number of hydrogen-bond acceptors (Lipinski definition) is 3. The number of carbonyl (C=O) groups excluding carboxylic acids is 1. The van der Waals surface area contributed by atoms with E-state index >= 15 is 0 Å². The predicted octanol–water partition coefficient (Wildman–Crippen LogP) is 2.09. The molecule has 1 unspecified atom stereocenters. The van der Waals surface area contributed by atoms with Crippen LogP contribution in [0.25, 0.3) is 0 Å². The molecule has 1 atom stereocenters. The summed E-state index contributed by atoms with van der Waals surface area (Å²) in [5, 5.41) is 4.24. The Hall–Kier alpha value is -2.14. The fraction of sp³-hybridized carbons (Fsp3) is 0.500. The number of carbonyl (C=O) groups is 1. The lowest BCUT2D eigenvalue weighted by atomic mass is 9.85. The number of benzene rings is 1. The first kappa shape index (κ1) is 16.3. The van der Waals surface area contributed by atoms with Gasteiger partial charge in [0.05, 0.1) is 11.6 Å². The van der Waals surface area contributed by atoms with E-state index in [-0.39, 0.29) is 5.41 Å². The predicted molar refractivity (Wildman–Crippen MR) is 96.9 cm³/mol. The van der Waals surface area contributed by atoms with E-state index in [0.29, 0.717) is 5.91 Å². The molecule has 0 aliphatic carbocycles. The third-order valence-corrected chi connectivity index (χ3v) is 5.71. The molecule has 0 bridgehead atoms. The molecule has 25 heavy (non-hydrogen) atoms. The van der Waals surface area contributed by atoms with Crippen LogP contribution < -0.4 is 0 Å². The van der Waals surface area contributed by atoms with Crippen molar-refractivity contribution in [1.29, 1.82) is 0 Å². The van der Waals surface area contributed by atoms with E-state index in [2.05, 4.69) is 45.4 Å². The lowest BCUT2D eigenvalue weighted by Crippen LogP contribution is -2.37. The van der Waals surface area contributed by atoms with Crippen molar-refractivity contribution in [3.05, 3.63) is 53.9 Å². The zero-order valence-corrected chi connectivity index (χ0v) is 14.9. The Labute approximate surface area is 149 Å². The number of likely N-dealkylation sites (tertiary alicyclic amines) is 2. The molecule has 2 aromatic rings. The van der Waals surface area contributed by atoms with Gasteiger partial charge in [-0.1, -0.05) is 30.3 Å². The molecule has 1 aromatic heterocycles. The maximum absolute atomic E-state index is 13.0. The van der Waals surface area contributed by atoms with Crippen LogP contribution in [0.15, 0.2) is 42.7 Å². The van der Waals surface area contributed by atoms with E-state index < -0.39 is 0 Å². The minimum Gasteiger partial charge on any atom is -0.342 e. The molecular formula is C20H26N4O. The number of nitrogens with zero attached hydrogens (tertiary/aromatic N) is 4. The molecule has 2 aliphatic rings. The lowest BCUT2D eigenvalue weighted by Gasteiger charge is -2.23. The topological polar surface area (TPSA) is 41.4 Å². The summed E-state index contributed by atoms with van der Waals surface area (Å²) in [7, 11) is 1.94. The van der Waals surface area contributed by atoms with Gasteiger partial charge in [-0.05, 0) is 31.4 Å². The van der Waals surface area contributed by atoms with Gasteiger partial charge >= 0.3 is 0 Å². The number of amides is 1. The van der Waals surface area contributed by atoms with Crippen molar-refractivity contribution in [3.8, 4) is 0 Å². The van der Waals surface area contributed by atoms with E-state index in [4.69, 9.17) is 0 Å². The first-order valence-electron chi connectivity index (χ1n) is 9.18. The number of rotatable bonds is 5. The van der Waals surface area contributed by atoms with Crippen molar-refractivity contribution in [1.82, 2.24) is 19.6 Å². The number of hydrogen-bond donors (Lipinski definition) is 0. The minimum atomic E-state index is -0.140. The standard InChI is InChI=1S/C20H26N4O/c1-22-14-18(13-21-22)15-23-11-8-20(16-23)9-12-24(19(20)25)10-7-17-5-3-2-4-6-17/h2-6,13-14H,7-12,15-16H2,1H3. The van der Waals surface area contributed by atoms with E-state index in [1.807, 2.05) is 24.0 Å². The summed E-state index contributed by atoms with van der Waals surface area (Å²) in [5.41, 5.74) is 2.39. The van der Waals surface area contributed by atoms with Gasteiger partial charge in [0.1, 0.15) is 0 Å². The van der Waals surface area contributed by atoms with Crippen LogP contribution in [0.3, 0.4) is 0 Å². The summed E-state index contributed by atoms with van der Waals surface area (Å²) in [4.78, 5) is 17.5. The van der Waals surface area contributed by atoms with Crippen LogP contribution in [0, 0.1) is 5.41 Å². The molecule has 0 radical (unpaired) electrons. The highest BCUT2D eigenvalue weighted by atomic mass is 16.2. The molecule has 132 valence electrons. The van der Waals surface area contributed by atoms with Crippen LogP contribution in [-0.4, -0.2) is 51.7 Å². The molecule has 1 spiro atoms. The Morgan fingerprint density at radius 1 is 1.12 bits per heavy atom. The van der Waals surface area contributed by atoms with Crippen molar-refractivity contribution in [2.24, 2.45) is 12.5 Å². The Morgan fingerprint density at radius 2 is 1.92 bits per heavy atom. The largest absolute Gasteiger partial charge is 0.342 e. The third kappa shape index (κ3) is 3.33. The third-order valence-electron chi connectivity index (χ3n) is 5.71. The SMILES string of the molecule is Cn1cc(CN2CCC3(CCN(CCc4ccccc4)C3=O)C2)cn1. The molecule has 5 heteroatoms. The Morgan fingerprint density at radius 3 is 2.68 bits per heavy atom. The van der Waals surface area contributed by atoms with Crippen LogP contribution in [0.2, 0.25) is 0 Å². The number of aromatic nitrogens is 2. The summed E-state index contributed by atoms with van der Waals surface area (Å²) < 4.78 is 1.84. The molecule has 2 aliphatic heterocycles. The van der Waals surface area contributed by atoms with Crippen LogP contribution in [-0.2, 0) is 24.8 Å². The molecule has 4 rings (SSSR count).